The molecule has 0 aliphatic rings. The monoisotopic (exact) mass is 330 g/mol. The summed E-state index contributed by atoms with van der Waals surface area (Å²) in [6.07, 6.45) is -4.30. The van der Waals surface area contributed by atoms with Crippen LogP contribution in [0.1, 0.15) is 25.0 Å². The molecule has 0 atom stereocenters. The molecule has 0 saturated carbocycles. The summed E-state index contributed by atoms with van der Waals surface area (Å²) in [4.78, 5) is 6.22. The van der Waals surface area contributed by atoms with Crippen LogP contribution in [-0.2, 0) is 12.7 Å². The van der Waals surface area contributed by atoms with Crippen molar-refractivity contribution in [2.45, 2.75) is 32.1 Å². The van der Waals surface area contributed by atoms with Gasteiger partial charge in [-0.15, -0.1) is 0 Å². The fourth-order valence-electron chi connectivity index (χ4n) is 1.68. The van der Waals surface area contributed by atoms with Gasteiger partial charge in [-0.05, 0) is 45.6 Å². The normalized spacial score (nSPS) is 13.3. The van der Waals surface area contributed by atoms with E-state index in [9.17, 15) is 13.2 Å². The standard InChI is InChI=1S/C16H25F3N4/c1-15(2,23(4)5)11-22-14(20-3)21-10-12-6-8-13(9-7-12)16(17,18)19/h6-9H,10-11H2,1-5H3,(H2,20,21,22). The molecule has 23 heavy (non-hydrogen) atoms. The van der Waals surface area contributed by atoms with Crippen LogP contribution < -0.4 is 10.6 Å². The van der Waals surface area contributed by atoms with Crippen molar-refractivity contribution in [3.63, 3.8) is 0 Å². The number of hydrogen-bond acceptors (Lipinski definition) is 2. The zero-order chi connectivity index (χ0) is 17.7. The lowest BCUT2D eigenvalue weighted by atomic mass is 10.0. The molecule has 0 fully saturated rings. The number of halogens is 3. The highest BCUT2D eigenvalue weighted by molar-refractivity contribution is 5.79. The van der Waals surface area contributed by atoms with Crippen LogP contribution in [0.2, 0.25) is 0 Å². The van der Waals surface area contributed by atoms with E-state index < -0.39 is 11.7 Å². The van der Waals surface area contributed by atoms with Gasteiger partial charge in [0.25, 0.3) is 0 Å². The number of rotatable bonds is 5. The summed E-state index contributed by atoms with van der Waals surface area (Å²) in [6, 6.07) is 5.10. The second-order valence-corrected chi connectivity index (χ2v) is 6.18. The Kier molecular flexibility index (Phi) is 6.44. The van der Waals surface area contributed by atoms with Crippen molar-refractivity contribution >= 4 is 5.96 Å². The third kappa shape index (κ3) is 6.09. The van der Waals surface area contributed by atoms with Gasteiger partial charge in [-0.2, -0.15) is 13.2 Å². The summed E-state index contributed by atoms with van der Waals surface area (Å²) >= 11 is 0. The second kappa shape index (κ2) is 7.68. The lowest BCUT2D eigenvalue weighted by Crippen LogP contribution is -2.50. The van der Waals surface area contributed by atoms with E-state index in [1.165, 1.54) is 12.1 Å². The van der Waals surface area contributed by atoms with Gasteiger partial charge in [0.05, 0.1) is 5.56 Å². The van der Waals surface area contributed by atoms with Crippen LogP contribution in [-0.4, -0.2) is 44.1 Å². The van der Waals surface area contributed by atoms with Gasteiger partial charge in [0.15, 0.2) is 5.96 Å². The molecule has 1 aromatic carbocycles. The van der Waals surface area contributed by atoms with E-state index in [0.29, 0.717) is 19.0 Å². The number of alkyl halides is 3. The smallest absolute Gasteiger partial charge is 0.355 e. The summed E-state index contributed by atoms with van der Waals surface area (Å²) in [7, 11) is 5.66. The minimum atomic E-state index is -4.30. The summed E-state index contributed by atoms with van der Waals surface area (Å²) in [5.74, 6) is 0.611. The zero-order valence-electron chi connectivity index (χ0n) is 14.3. The van der Waals surface area contributed by atoms with E-state index in [1.807, 2.05) is 14.1 Å². The lowest BCUT2D eigenvalue weighted by molar-refractivity contribution is -0.137. The van der Waals surface area contributed by atoms with E-state index in [-0.39, 0.29) is 5.54 Å². The first-order chi connectivity index (χ1) is 10.6. The molecule has 2 N–H and O–H groups in total. The minimum absolute atomic E-state index is 0.0496. The third-order valence-electron chi connectivity index (χ3n) is 3.86. The first-order valence-corrected chi connectivity index (χ1v) is 7.34. The first-order valence-electron chi connectivity index (χ1n) is 7.34. The molecule has 0 saturated heterocycles. The molecule has 0 amide bonds. The number of nitrogens with one attached hydrogen (secondary N) is 2. The molecule has 0 aromatic heterocycles. The third-order valence-corrected chi connectivity index (χ3v) is 3.86. The summed E-state index contributed by atoms with van der Waals surface area (Å²) < 4.78 is 37.6. The summed E-state index contributed by atoms with van der Waals surface area (Å²) in [5, 5.41) is 6.31. The Hall–Kier alpha value is -1.76. The van der Waals surface area contributed by atoms with Crippen LogP contribution in [0.4, 0.5) is 13.2 Å². The fraction of sp³-hybridized carbons (Fsp3) is 0.562. The van der Waals surface area contributed by atoms with Gasteiger partial charge in [0.2, 0.25) is 0 Å². The SMILES string of the molecule is CN=C(NCc1ccc(C(F)(F)F)cc1)NCC(C)(C)N(C)C. The fourth-order valence-corrected chi connectivity index (χ4v) is 1.68. The Morgan fingerprint density at radius 1 is 1.09 bits per heavy atom. The minimum Gasteiger partial charge on any atom is -0.355 e. The highest BCUT2D eigenvalue weighted by Crippen LogP contribution is 2.28. The Labute approximate surface area is 135 Å². The van der Waals surface area contributed by atoms with Gasteiger partial charge in [0, 0.05) is 25.7 Å². The maximum atomic E-state index is 12.5. The molecule has 0 unspecified atom stereocenters. The molecule has 0 bridgehead atoms. The second-order valence-electron chi connectivity index (χ2n) is 6.18. The van der Waals surface area contributed by atoms with Crippen LogP contribution in [0.25, 0.3) is 0 Å². The average molecular weight is 330 g/mol. The number of benzene rings is 1. The molecule has 0 radical (unpaired) electrons. The van der Waals surface area contributed by atoms with Gasteiger partial charge in [-0.25, -0.2) is 0 Å². The Balaban J connectivity index is 2.55. The van der Waals surface area contributed by atoms with Gasteiger partial charge in [0.1, 0.15) is 0 Å². The molecular formula is C16H25F3N4. The number of aliphatic imine (C=N–C) groups is 1. The highest BCUT2D eigenvalue weighted by atomic mass is 19.4. The van der Waals surface area contributed by atoms with Gasteiger partial charge in [-0.3, -0.25) is 4.99 Å². The Morgan fingerprint density at radius 2 is 1.65 bits per heavy atom. The number of likely N-dealkylation sites (N-methyl/N-ethyl adjacent to an activating group) is 1. The van der Waals surface area contributed by atoms with E-state index in [0.717, 1.165) is 17.7 Å². The molecule has 0 aliphatic carbocycles. The van der Waals surface area contributed by atoms with Crippen LogP contribution in [0.5, 0.6) is 0 Å². The van der Waals surface area contributed by atoms with Crippen molar-refractivity contribution in [3.05, 3.63) is 35.4 Å². The van der Waals surface area contributed by atoms with Crippen molar-refractivity contribution in [2.75, 3.05) is 27.7 Å². The zero-order valence-corrected chi connectivity index (χ0v) is 14.3. The van der Waals surface area contributed by atoms with Crippen molar-refractivity contribution in [1.29, 1.82) is 0 Å². The lowest BCUT2D eigenvalue weighted by Gasteiger charge is -2.33. The summed E-state index contributed by atoms with van der Waals surface area (Å²) in [5.41, 5.74) is 0.0655. The van der Waals surface area contributed by atoms with E-state index in [1.54, 1.807) is 7.05 Å². The quantitative estimate of drug-likeness (QED) is 0.644. The Bertz CT molecular complexity index is 519. The maximum absolute atomic E-state index is 12.5. The molecule has 7 heteroatoms. The molecule has 0 heterocycles. The molecule has 130 valence electrons. The number of guanidine groups is 1. The van der Waals surface area contributed by atoms with Crippen molar-refractivity contribution in [2.24, 2.45) is 4.99 Å². The van der Waals surface area contributed by atoms with Crippen molar-refractivity contribution in [1.82, 2.24) is 15.5 Å². The molecule has 0 spiro atoms. The maximum Gasteiger partial charge on any atom is 0.416 e. The first kappa shape index (κ1) is 19.3. The summed E-state index contributed by atoms with van der Waals surface area (Å²) in [6.45, 7) is 5.29. The van der Waals surface area contributed by atoms with Crippen LogP contribution in [0.3, 0.4) is 0 Å². The predicted octanol–water partition coefficient (Wildman–Crippen LogP) is 2.71. The largest absolute Gasteiger partial charge is 0.416 e. The van der Waals surface area contributed by atoms with E-state index in [2.05, 4.69) is 34.4 Å². The average Bonchev–Trinajstić information content (AvgIpc) is 2.46. The number of nitrogens with zero attached hydrogens (tertiary/aromatic N) is 2. The van der Waals surface area contributed by atoms with Crippen molar-refractivity contribution in [3.8, 4) is 0 Å². The molecule has 1 aromatic rings. The van der Waals surface area contributed by atoms with Crippen molar-refractivity contribution < 1.29 is 13.2 Å². The van der Waals surface area contributed by atoms with Gasteiger partial charge >= 0.3 is 6.18 Å². The molecular weight excluding hydrogens is 305 g/mol. The molecule has 4 nitrogen and oxygen atoms in total. The number of hydrogen-bond donors (Lipinski definition) is 2. The molecule has 1 rings (SSSR count). The highest BCUT2D eigenvalue weighted by Gasteiger charge is 2.29. The van der Waals surface area contributed by atoms with Crippen LogP contribution in [0, 0.1) is 0 Å². The van der Waals surface area contributed by atoms with Crippen LogP contribution >= 0.6 is 0 Å². The predicted molar refractivity (Wildman–Crippen MR) is 87.4 cm³/mol. The van der Waals surface area contributed by atoms with Gasteiger partial charge in [-0.1, -0.05) is 12.1 Å². The van der Waals surface area contributed by atoms with E-state index >= 15 is 0 Å². The van der Waals surface area contributed by atoms with Gasteiger partial charge < -0.3 is 15.5 Å². The van der Waals surface area contributed by atoms with E-state index in [4.69, 9.17) is 0 Å². The van der Waals surface area contributed by atoms with Crippen LogP contribution in [0.15, 0.2) is 29.3 Å². The topological polar surface area (TPSA) is 39.7 Å². The molecule has 0 aliphatic heterocycles. The Morgan fingerprint density at radius 3 is 2.09 bits per heavy atom.